The van der Waals surface area contributed by atoms with Crippen LogP contribution in [0.2, 0.25) is 0 Å². The number of nitrogens with one attached hydrogen (secondary N) is 1. The van der Waals surface area contributed by atoms with Gasteiger partial charge >= 0.3 is 0 Å². The molecule has 188 valence electrons. The number of likely N-dealkylation sites (N-methyl/N-ethyl adjacent to an activating group) is 1. The number of piperazine rings is 1. The first-order valence-corrected chi connectivity index (χ1v) is 12.1. The van der Waals surface area contributed by atoms with Crippen LogP contribution >= 0.6 is 0 Å². The lowest BCUT2D eigenvalue weighted by atomic mass is 10.0. The third kappa shape index (κ3) is 3.72. The second-order valence-corrected chi connectivity index (χ2v) is 9.47. The van der Waals surface area contributed by atoms with Gasteiger partial charge in [-0.05, 0) is 32.2 Å². The molecule has 0 spiro atoms. The summed E-state index contributed by atoms with van der Waals surface area (Å²) in [6.45, 7) is 6.05. The van der Waals surface area contributed by atoms with Crippen molar-refractivity contribution in [2.75, 3.05) is 63.3 Å². The number of rotatable bonds is 3. The van der Waals surface area contributed by atoms with Gasteiger partial charge in [0.1, 0.15) is 31.1 Å². The average molecular weight is 495 g/mol. The smallest absolute Gasteiger partial charge is 0.261 e. The van der Waals surface area contributed by atoms with E-state index in [9.17, 15) is 9.59 Å². The van der Waals surface area contributed by atoms with Crippen molar-refractivity contribution in [2.45, 2.75) is 13.0 Å². The summed E-state index contributed by atoms with van der Waals surface area (Å²) in [5, 5.41) is 2.90. The number of carbonyl (C=O) groups is 1. The molecule has 2 aromatic carbocycles. The van der Waals surface area contributed by atoms with Gasteiger partial charge in [0.05, 0.1) is 16.9 Å². The van der Waals surface area contributed by atoms with Gasteiger partial charge < -0.3 is 33.9 Å². The normalized spacial score (nSPS) is 19.2. The van der Waals surface area contributed by atoms with Crippen LogP contribution in [0.4, 0.5) is 15.8 Å². The number of amides is 1. The Hall–Kier alpha value is -3.79. The molecule has 1 N–H and O–H groups in total. The zero-order valence-electron chi connectivity index (χ0n) is 20.2. The van der Waals surface area contributed by atoms with E-state index in [0.29, 0.717) is 67.1 Å². The second-order valence-electron chi connectivity index (χ2n) is 9.47. The molecule has 1 fully saturated rings. The van der Waals surface area contributed by atoms with Crippen molar-refractivity contribution in [3.05, 3.63) is 52.1 Å². The Morgan fingerprint density at radius 3 is 2.58 bits per heavy atom. The summed E-state index contributed by atoms with van der Waals surface area (Å²) in [6, 6.07) is 6.15. The Morgan fingerprint density at radius 2 is 1.81 bits per heavy atom. The molecular weight excluding hydrogens is 467 g/mol. The first kappa shape index (κ1) is 22.7. The van der Waals surface area contributed by atoms with Gasteiger partial charge in [-0.1, -0.05) is 0 Å². The SMILES string of the molecule is C[C@H]1COc2c(N3CCN(C)CC3)c(F)cc3c(=O)c(C(=O)Nc4ccc5c(c4)OCCO5)cn1c23. The van der Waals surface area contributed by atoms with Crippen LogP contribution in [-0.4, -0.2) is 68.4 Å². The van der Waals surface area contributed by atoms with Crippen LogP contribution in [-0.2, 0) is 0 Å². The van der Waals surface area contributed by atoms with Crippen molar-refractivity contribution in [1.29, 1.82) is 0 Å². The van der Waals surface area contributed by atoms with E-state index in [2.05, 4.69) is 10.2 Å². The molecule has 1 saturated heterocycles. The summed E-state index contributed by atoms with van der Waals surface area (Å²) >= 11 is 0. The zero-order valence-corrected chi connectivity index (χ0v) is 20.2. The lowest BCUT2D eigenvalue weighted by Gasteiger charge is -2.37. The Balaban J connectivity index is 1.42. The summed E-state index contributed by atoms with van der Waals surface area (Å²) in [7, 11) is 2.03. The highest BCUT2D eigenvalue weighted by Gasteiger charge is 2.31. The predicted octanol–water partition coefficient (Wildman–Crippen LogP) is 2.87. The number of fused-ring (bicyclic) bond motifs is 1. The number of pyridine rings is 1. The summed E-state index contributed by atoms with van der Waals surface area (Å²) in [5.74, 6) is 0.389. The maximum Gasteiger partial charge on any atom is 0.261 e. The zero-order chi connectivity index (χ0) is 25.0. The van der Waals surface area contributed by atoms with E-state index in [4.69, 9.17) is 14.2 Å². The monoisotopic (exact) mass is 494 g/mol. The van der Waals surface area contributed by atoms with Gasteiger partial charge in [-0.2, -0.15) is 0 Å². The molecule has 1 amide bonds. The topological polar surface area (TPSA) is 85.3 Å². The summed E-state index contributed by atoms with van der Waals surface area (Å²) < 4.78 is 34.5. The first-order chi connectivity index (χ1) is 17.4. The lowest BCUT2D eigenvalue weighted by molar-refractivity contribution is 0.102. The van der Waals surface area contributed by atoms with E-state index in [1.807, 2.05) is 23.4 Å². The lowest BCUT2D eigenvalue weighted by Crippen LogP contribution is -2.45. The van der Waals surface area contributed by atoms with E-state index in [1.54, 1.807) is 24.4 Å². The molecule has 1 aromatic heterocycles. The number of benzene rings is 2. The van der Waals surface area contributed by atoms with E-state index in [1.165, 1.54) is 6.07 Å². The number of aromatic nitrogens is 1. The van der Waals surface area contributed by atoms with Gasteiger partial charge in [-0.25, -0.2) is 4.39 Å². The molecule has 4 heterocycles. The maximum atomic E-state index is 15.5. The van der Waals surface area contributed by atoms with E-state index >= 15 is 4.39 Å². The molecule has 6 rings (SSSR count). The number of nitrogens with zero attached hydrogens (tertiary/aromatic N) is 3. The standard InChI is InChI=1S/C26H27FN4O5/c1-15-14-36-25-22-17(12-19(27)23(25)30-7-5-29(2)6-8-30)24(32)18(13-31(15)22)26(33)28-16-3-4-20-21(11-16)35-10-9-34-20/h3-4,11-13,15H,5-10,14H2,1-2H3,(H,28,33)/t15-/m0/s1. The van der Waals surface area contributed by atoms with Crippen molar-refractivity contribution in [3.8, 4) is 17.2 Å². The molecule has 1 atom stereocenters. The number of hydrogen-bond acceptors (Lipinski definition) is 7. The van der Waals surface area contributed by atoms with Crippen LogP contribution in [0.3, 0.4) is 0 Å². The highest BCUT2D eigenvalue weighted by Crippen LogP contribution is 2.42. The highest BCUT2D eigenvalue weighted by molar-refractivity contribution is 6.06. The van der Waals surface area contributed by atoms with Gasteiger partial charge in [0.15, 0.2) is 23.1 Å². The van der Waals surface area contributed by atoms with Crippen LogP contribution in [0.25, 0.3) is 10.9 Å². The number of hydrogen-bond donors (Lipinski definition) is 1. The van der Waals surface area contributed by atoms with Crippen molar-refractivity contribution >= 4 is 28.2 Å². The minimum absolute atomic E-state index is 0.0659. The van der Waals surface area contributed by atoms with Gasteiger partial charge in [0.2, 0.25) is 5.43 Å². The largest absolute Gasteiger partial charge is 0.487 e. The molecule has 3 aliphatic heterocycles. The van der Waals surface area contributed by atoms with Crippen molar-refractivity contribution in [3.63, 3.8) is 0 Å². The molecule has 0 unspecified atom stereocenters. The predicted molar refractivity (Wildman–Crippen MR) is 133 cm³/mol. The number of carbonyl (C=O) groups excluding carboxylic acids is 1. The molecule has 0 radical (unpaired) electrons. The fourth-order valence-electron chi connectivity index (χ4n) is 5.02. The van der Waals surface area contributed by atoms with Gasteiger partial charge in [-0.15, -0.1) is 0 Å². The Kier molecular flexibility index (Phi) is 5.48. The van der Waals surface area contributed by atoms with Crippen LogP contribution < -0.4 is 29.9 Å². The van der Waals surface area contributed by atoms with E-state index in [-0.39, 0.29) is 17.0 Å². The molecule has 9 nitrogen and oxygen atoms in total. The quantitative estimate of drug-likeness (QED) is 0.599. The number of halogens is 1. The summed E-state index contributed by atoms with van der Waals surface area (Å²) in [4.78, 5) is 30.8. The average Bonchev–Trinajstić information content (AvgIpc) is 2.88. The Bertz CT molecular complexity index is 1430. The Morgan fingerprint density at radius 1 is 1.06 bits per heavy atom. The third-order valence-corrected chi connectivity index (χ3v) is 7.01. The second kappa shape index (κ2) is 8.70. The fourth-order valence-corrected chi connectivity index (χ4v) is 5.02. The van der Waals surface area contributed by atoms with Crippen molar-refractivity contribution in [1.82, 2.24) is 9.47 Å². The molecule has 36 heavy (non-hydrogen) atoms. The van der Waals surface area contributed by atoms with Crippen LogP contribution in [0.15, 0.2) is 35.3 Å². The van der Waals surface area contributed by atoms with Gasteiger partial charge in [-0.3, -0.25) is 9.59 Å². The number of anilines is 2. The maximum absolute atomic E-state index is 15.5. The van der Waals surface area contributed by atoms with Gasteiger partial charge in [0, 0.05) is 44.1 Å². The van der Waals surface area contributed by atoms with E-state index < -0.39 is 17.2 Å². The fraction of sp³-hybridized carbons (Fsp3) is 0.385. The molecule has 0 saturated carbocycles. The van der Waals surface area contributed by atoms with Crippen molar-refractivity contribution < 1.29 is 23.4 Å². The minimum atomic E-state index is -0.578. The minimum Gasteiger partial charge on any atom is -0.487 e. The van der Waals surface area contributed by atoms with Crippen LogP contribution in [0, 0.1) is 5.82 Å². The molecule has 3 aromatic rings. The Labute approximate surface area is 206 Å². The van der Waals surface area contributed by atoms with Crippen LogP contribution in [0.5, 0.6) is 17.2 Å². The molecule has 0 bridgehead atoms. The van der Waals surface area contributed by atoms with Crippen molar-refractivity contribution in [2.24, 2.45) is 0 Å². The van der Waals surface area contributed by atoms with E-state index in [0.717, 1.165) is 13.1 Å². The third-order valence-electron chi connectivity index (χ3n) is 7.01. The molecule has 3 aliphatic rings. The molecular formula is C26H27FN4O5. The summed E-state index contributed by atoms with van der Waals surface area (Å²) in [6.07, 6.45) is 1.56. The highest BCUT2D eigenvalue weighted by atomic mass is 19.1. The first-order valence-electron chi connectivity index (χ1n) is 12.1. The molecule has 0 aliphatic carbocycles. The van der Waals surface area contributed by atoms with Gasteiger partial charge in [0.25, 0.3) is 5.91 Å². The number of ether oxygens (including phenoxy) is 3. The molecule has 10 heteroatoms. The summed E-state index contributed by atoms with van der Waals surface area (Å²) in [5.41, 5.74) is 0.757. The van der Waals surface area contributed by atoms with Crippen LogP contribution in [0.1, 0.15) is 23.3 Å².